The van der Waals surface area contributed by atoms with E-state index in [1.54, 1.807) is 14.2 Å². The van der Waals surface area contributed by atoms with Crippen LogP contribution in [0.5, 0.6) is 17.2 Å². The molecule has 1 heterocycles. The van der Waals surface area contributed by atoms with Gasteiger partial charge in [0.25, 0.3) is 0 Å². The molecule has 0 bridgehead atoms. The van der Waals surface area contributed by atoms with Crippen LogP contribution in [0.25, 0.3) is 0 Å². The van der Waals surface area contributed by atoms with E-state index in [0.29, 0.717) is 6.54 Å². The number of halogens is 1. The normalized spacial score (nSPS) is 14.6. The van der Waals surface area contributed by atoms with Crippen LogP contribution in [-0.2, 0) is 6.54 Å². The molecule has 1 fully saturated rings. The zero-order chi connectivity index (χ0) is 20.5. The fourth-order valence-corrected chi connectivity index (χ4v) is 3.54. The number of piperidine rings is 1. The molecule has 0 amide bonds. The molecule has 30 heavy (non-hydrogen) atoms. The Balaban J connectivity index is 0.00000320. The van der Waals surface area contributed by atoms with Crippen molar-refractivity contribution in [1.29, 1.82) is 0 Å². The van der Waals surface area contributed by atoms with Crippen LogP contribution in [0.4, 0.5) is 0 Å². The van der Waals surface area contributed by atoms with E-state index in [1.807, 2.05) is 48.5 Å². The van der Waals surface area contributed by atoms with Crippen molar-refractivity contribution in [3.63, 3.8) is 0 Å². The first-order valence-corrected chi connectivity index (χ1v) is 10.2. The standard InChI is InChI=1S/C23H31N3O3.HI/c1-4-24-23(25-17-18-9-8-12-21(27-2)22(18)28-3)26-15-13-20(14-16-26)29-19-10-6-5-7-11-19;/h5-12,20H,4,13-17H2,1-3H3,(H,24,25);1H. The average molecular weight is 525 g/mol. The number of ether oxygens (including phenoxy) is 3. The van der Waals surface area contributed by atoms with Crippen LogP contribution in [0.1, 0.15) is 25.3 Å². The molecular formula is C23H32IN3O3. The molecule has 6 nitrogen and oxygen atoms in total. The Morgan fingerprint density at radius 3 is 2.40 bits per heavy atom. The zero-order valence-corrected chi connectivity index (χ0v) is 20.3. The van der Waals surface area contributed by atoms with Crippen molar-refractivity contribution in [2.24, 2.45) is 4.99 Å². The summed E-state index contributed by atoms with van der Waals surface area (Å²) in [5.41, 5.74) is 1.00. The van der Waals surface area contributed by atoms with Crippen molar-refractivity contribution in [3.8, 4) is 17.2 Å². The number of likely N-dealkylation sites (tertiary alicyclic amines) is 1. The second-order valence-electron chi connectivity index (χ2n) is 6.94. The lowest BCUT2D eigenvalue weighted by Gasteiger charge is -2.34. The minimum Gasteiger partial charge on any atom is -0.493 e. The third kappa shape index (κ3) is 6.42. The Morgan fingerprint density at radius 2 is 1.77 bits per heavy atom. The average Bonchev–Trinajstić information content (AvgIpc) is 2.77. The molecule has 0 aromatic heterocycles. The van der Waals surface area contributed by atoms with Crippen molar-refractivity contribution in [2.75, 3.05) is 33.9 Å². The van der Waals surface area contributed by atoms with Gasteiger partial charge in [-0.2, -0.15) is 0 Å². The van der Waals surface area contributed by atoms with E-state index in [4.69, 9.17) is 19.2 Å². The maximum atomic E-state index is 6.11. The van der Waals surface area contributed by atoms with Crippen molar-refractivity contribution < 1.29 is 14.2 Å². The quantitative estimate of drug-likeness (QED) is 0.332. The van der Waals surface area contributed by atoms with Gasteiger partial charge in [-0.25, -0.2) is 4.99 Å². The van der Waals surface area contributed by atoms with Crippen LogP contribution in [0.3, 0.4) is 0 Å². The summed E-state index contributed by atoms with van der Waals surface area (Å²) in [5, 5.41) is 3.42. The fourth-order valence-electron chi connectivity index (χ4n) is 3.54. The highest BCUT2D eigenvalue weighted by Gasteiger charge is 2.23. The van der Waals surface area contributed by atoms with Gasteiger partial charge in [-0.1, -0.05) is 30.3 Å². The smallest absolute Gasteiger partial charge is 0.194 e. The van der Waals surface area contributed by atoms with Crippen molar-refractivity contribution in [2.45, 2.75) is 32.4 Å². The Labute approximate surface area is 196 Å². The van der Waals surface area contributed by atoms with Crippen LogP contribution in [0.2, 0.25) is 0 Å². The molecule has 0 unspecified atom stereocenters. The number of hydrogen-bond acceptors (Lipinski definition) is 4. The van der Waals surface area contributed by atoms with Gasteiger partial charge in [0.1, 0.15) is 11.9 Å². The minimum absolute atomic E-state index is 0. The first-order valence-electron chi connectivity index (χ1n) is 10.2. The second kappa shape index (κ2) is 12.5. The van der Waals surface area contributed by atoms with Crippen molar-refractivity contribution >= 4 is 29.9 Å². The molecule has 1 aliphatic heterocycles. The number of rotatable bonds is 7. The molecule has 7 heteroatoms. The molecular weight excluding hydrogens is 493 g/mol. The van der Waals surface area contributed by atoms with Crippen LogP contribution in [0, 0.1) is 0 Å². The maximum absolute atomic E-state index is 6.11. The van der Waals surface area contributed by atoms with Gasteiger partial charge in [0.15, 0.2) is 17.5 Å². The summed E-state index contributed by atoms with van der Waals surface area (Å²) in [6.07, 6.45) is 2.19. The molecule has 1 saturated heterocycles. The minimum atomic E-state index is 0. The molecule has 164 valence electrons. The van der Waals surface area contributed by atoms with Gasteiger partial charge in [-0.15, -0.1) is 24.0 Å². The Bertz CT molecular complexity index is 794. The summed E-state index contributed by atoms with van der Waals surface area (Å²) < 4.78 is 17.0. The number of nitrogens with zero attached hydrogens (tertiary/aromatic N) is 2. The van der Waals surface area contributed by atoms with E-state index in [0.717, 1.165) is 61.2 Å². The Kier molecular flexibility index (Phi) is 10.1. The van der Waals surface area contributed by atoms with Crippen LogP contribution in [0.15, 0.2) is 53.5 Å². The molecule has 0 radical (unpaired) electrons. The predicted octanol–water partition coefficient (Wildman–Crippen LogP) is 4.33. The van der Waals surface area contributed by atoms with Gasteiger partial charge in [0.05, 0.1) is 20.8 Å². The van der Waals surface area contributed by atoms with Gasteiger partial charge in [0.2, 0.25) is 0 Å². The fraction of sp³-hybridized carbons (Fsp3) is 0.435. The molecule has 2 aromatic carbocycles. The van der Waals surface area contributed by atoms with Crippen LogP contribution >= 0.6 is 24.0 Å². The lowest BCUT2D eigenvalue weighted by Crippen LogP contribution is -2.47. The van der Waals surface area contributed by atoms with E-state index < -0.39 is 0 Å². The zero-order valence-electron chi connectivity index (χ0n) is 18.0. The highest BCUT2D eigenvalue weighted by Crippen LogP contribution is 2.31. The predicted molar refractivity (Wildman–Crippen MR) is 131 cm³/mol. The molecule has 0 saturated carbocycles. The van der Waals surface area contributed by atoms with Gasteiger partial charge >= 0.3 is 0 Å². The number of benzene rings is 2. The van der Waals surface area contributed by atoms with E-state index in [2.05, 4.69) is 17.1 Å². The number of guanidine groups is 1. The summed E-state index contributed by atoms with van der Waals surface area (Å²) in [7, 11) is 3.31. The van der Waals surface area contributed by atoms with Crippen LogP contribution in [-0.4, -0.2) is 50.8 Å². The first-order chi connectivity index (χ1) is 14.2. The van der Waals surface area contributed by atoms with E-state index in [9.17, 15) is 0 Å². The van der Waals surface area contributed by atoms with E-state index >= 15 is 0 Å². The molecule has 0 atom stereocenters. The molecule has 1 aliphatic rings. The second-order valence-corrected chi connectivity index (χ2v) is 6.94. The maximum Gasteiger partial charge on any atom is 0.194 e. The summed E-state index contributed by atoms with van der Waals surface area (Å²) in [5.74, 6) is 3.33. The van der Waals surface area contributed by atoms with Gasteiger partial charge in [-0.3, -0.25) is 0 Å². The number of nitrogens with one attached hydrogen (secondary N) is 1. The first kappa shape index (κ1) is 24.1. The summed E-state index contributed by atoms with van der Waals surface area (Å²) in [6, 6.07) is 15.9. The third-order valence-electron chi connectivity index (χ3n) is 5.01. The molecule has 0 aliphatic carbocycles. The molecule has 1 N–H and O–H groups in total. The highest BCUT2D eigenvalue weighted by molar-refractivity contribution is 14.0. The Morgan fingerprint density at radius 1 is 1.03 bits per heavy atom. The monoisotopic (exact) mass is 525 g/mol. The summed E-state index contributed by atoms with van der Waals surface area (Å²) in [6.45, 7) is 5.28. The van der Waals surface area contributed by atoms with Gasteiger partial charge < -0.3 is 24.4 Å². The number of aliphatic imine (C=N–C) groups is 1. The Hall–Kier alpha value is -2.16. The van der Waals surface area contributed by atoms with Gasteiger partial charge in [-0.05, 0) is 25.1 Å². The van der Waals surface area contributed by atoms with Crippen molar-refractivity contribution in [1.82, 2.24) is 10.2 Å². The lowest BCUT2D eigenvalue weighted by atomic mass is 10.1. The number of methoxy groups -OCH3 is 2. The largest absolute Gasteiger partial charge is 0.493 e. The van der Waals surface area contributed by atoms with Crippen molar-refractivity contribution in [3.05, 3.63) is 54.1 Å². The number of para-hydroxylation sites is 2. The third-order valence-corrected chi connectivity index (χ3v) is 5.01. The van der Waals surface area contributed by atoms with Gasteiger partial charge in [0, 0.05) is 38.0 Å². The summed E-state index contributed by atoms with van der Waals surface area (Å²) >= 11 is 0. The van der Waals surface area contributed by atoms with Crippen LogP contribution < -0.4 is 19.5 Å². The molecule has 2 aromatic rings. The molecule has 3 rings (SSSR count). The topological polar surface area (TPSA) is 55.3 Å². The molecule has 0 spiro atoms. The lowest BCUT2D eigenvalue weighted by molar-refractivity contribution is 0.129. The summed E-state index contributed by atoms with van der Waals surface area (Å²) in [4.78, 5) is 7.16. The SMILES string of the molecule is CCNC(=NCc1cccc(OC)c1OC)N1CCC(Oc2ccccc2)CC1.I. The van der Waals surface area contributed by atoms with E-state index in [1.165, 1.54) is 0 Å². The number of hydrogen-bond donors (Lipinski definition) is 1. The van der Waals surface area contributed by atoms with E-state index in [-0.39, 0.29) is 30.1 Å². The highest BCUT2D eigenvalue weighted by atomic mass is 127.